The van der Waals surface area contributed by atoms with Crippen molar-refractivity contribution in [3.8, 4) is 0 Å². The summed E-state index contributed by atoms with van der Waals surface area (Å²) in [6.07, 6.45) is 1.04. The zero-order valence-corrected chi connectivity index (χ0v) is 9.95. The fourth-order valence-electron chi connectivity index (χ4n) is 1.54. The first-order chi connectivity index (χ1) is 8.99. The lowest BCUT2D eigenvalue weighted by Crippen LogP contribution is -2.14. The number of nitrogens with zero attached hydrogens (tertiary/aromatic N) is 4. The molecule has 2 rings (SSSR count). The van der Waals surface area contributed by atoms with Crippen LogP contribution in [0.15, 0.2) is 30.5 Å². The van der Waals surface area contributed by atoms with Crippen LogP contribution in [-0.2, 0) is 0 Å². The first kappa shape index (κ1) is 12.7. The minimum absolute atomic E-state index is 0.0455. The number of nitrogens with two attached hydrogens (primary N) is 1. The van der Waals surface area contributed by atoms with Gasteiger partial charge in [-0.1, -0.05) is 0 Å². The predicted molar refractivity (Wildman–Crippen MR) is 67.6 cm³/mol. The highest BCUT2D eigenvalue weighted by molar-refractivity contribution is 5.67. The second-order valence-electron chi connectivity index (χ2n) is 3.73. The van der Waals surface area contributed by atoms with E-state index in [1.807, 2.05) is 0 Å². The van der Waals surface area contributed by atoms with Gasteiger partial charge in [-0.25, -0.2) is 9.37 Å². The summed E-state index contributed by atoms with van der Waals surface area (Å²) in [4.78, 5) is 19.2. The Hall–Kier alpha value is -2.77. The Morgan fingerprint density at radius 3 is 2.58 bits per heavy atom. The number of anilines is 3. The van der Waals surface area contributed by atoms with Crippen LogP contribution >= 0.6 is 0 Å². The van der Waals surface area contributed by atoms with Crippen LogP contribution in [0.1, 0.15) is 0 Å². The van der Waals surface area contributed by atoms with E-state index in [0.717, 1.165) is 6.20 Å². The van der Waals surface area contributed by atoms with E-state index >= 15 is 0 Å². The predicted octanol–water partition coefficient (Wildman–Crippen LogP) is 1.87. The van der Waals surface area contributed by atoms with Crippen molar-refractivity contribution in [1.82, 2.24) is 9.97 Å². The molecule has 0 fully saturated rings. The number of benzene rings is 1. The number of hydrogen-bond donors (Lipinski definition) is 1. The molecule has 1 heterocycles. The molecule has 0 spiro atoms. The van der Waals surface area contributed by atoms with Gasteiger partial charge < -0.3 is 10.6 Å². The zero-order chi connectivity index (χ0) is 14.0. The lowest BCUT2D eigenvalue weighted by atomic mass is 10.3. The fraction of sp³-hybridized carbons (Fsp3) is 0.0909. The number of halogens is 1. The molecule has 19 heavy (non-hydrogen) atoms. The van der Waals surface area contributed by atoms with E-state index in [0.29, 0.717) is 5.69 Å². The summed E-state index contributed by atoms with van der Waals surface area (Å²) in [7, 11) is 1.57. The molecule has 0 amide bonds. The van der Waals surface area contributed by atoms with Crippen molar-refractivity contribution < 1.29 is 9.31 Å². The molecule has 0 radical (unpaired) electrons. The maximum atomic E-state index is 12.9. The van der Waals surface area contributed by atoms with Crippen molar-refractivity contribution in [3.05, 3.63) is 46.4 Å². The van der Waals surface area contributed by atoms with Gasteiger partial charge in [0, 0.05) is 12.7 Å². The van der Waals surface area contributed by atoms with Crippen LogP contribution < -0.4 is 10.6 Å². The van der Waals surface area contributed by atoms with Crippen molar-refractivity contribution in [3.63, 3.8) is 0 Å². The number of rotatable bonds is 3. The van der Waals surface area contributed by atoms with E-state index in [9.17, 15) is 14.5 Å². The topological polar surface area (TPSA) is 98.2 Å². The molecule has 98 valence electrons. The maximum absolute atomic E-state index is 12.9. The van der Waals surface area contributed by atoms with Crippen molar-refractivity contribution in [1.29, 1.82) is 0 Å². The van der Waals surface area contributed by atoms with Crippen molar-refractivity contribution in [2.75, 3.05) is 17.7 Å². The van der Waals surface area contributed by atoms with Gasteiger partial charge in [0.25, 0.3) is 0 Å². The summed E-state index contributed by atoms with van der Waals surface area (Å²) < 4.78 is 12.9. The second kappa shape index (κ2) is 4.84. The third-order valence-electron chi connectivity index (χ3n) is 2.50. The fourth-order valence-corrected chi connectivity index (χ4v) is 1.54. The Bertz CT molecular complexity index is 617. The highest BCUT2D eigenvalue weighted by atomic mass is 19.1. The van der Waals surface area contributed by atoms with Crippen LogP contribution in [0.5, 0.6) is 0 Å². The van der Waals surface area contributed by atoms with Crippen molar-refractivity contribution >= 4 is 23.1 Å². The Kier molecular flexibility index (Phi) is 3.23. The highest BCUT2D eigenvalue weighted by Crippen LogP contribution is 2.30. The minimum Gasteiger partial charge on any atom is -0.368 e. The Labute approximate surface area is 107 Å². The number of hydrogen-bond acceptors (Lipinski definition) is 6. The van der Waals surface area contributed by atoms with Crippen LogP contribution in [-0.4, -0.2) is 21.9 Å². The number of aromatic nitrogens is 2. The third-order valence-corrected chi connectivity index (χ3v) is 2.50. The summed E-state index contributed by atoms with van der Waals surface area (Å²) >= 11 is 0. The SMILES string of the molecule is CN(c1ccc(F)cc1)c1nc(N)ncc1[N+](=O)[O-]. The molecular weight excluding hydrogens is 253 g/mol. The molecule has 0 atom stereocenters. The Morgan fingerprint density at radius 1 is 1.37 bits per heavy atom. The second-order valence-corrected chi connectivity index (χ2v) is 3.73. The Morgan fingerprint density at radius 2 is 2.00 bits per heavy atom. The van der Waals surface area contributed by atoms with Gasteiger partial charge in [0.15, 0.2) is 0 Å². The molecule has 0 aliphatic carbocycles. The van der Waals surface area contributed by atoms with Crippen LogP contribution in [0.25, 0.3) is 0 Å². The summed E-state index contributed by atoms with van der Waals surface area (Å²) in [6, 6.07) is 5.47. The van der Waals surface area contributed by atoms with E-state index in [-0.39, 0.29) is 17.5 Å². The van der Waals surface area contributed by atoms with Crippen LogP contribution in [0, 0.1) is 15.9 Å². The zero-order valence-electron chi connectivity index (χ0n) is 9.95. The third kappa shape index (κ3) is 2.57. The molecule has 8 heteroatoms. The molecule has 0 unspecified atom stereocenters. The first-order valence-electron chi connectivity index (χ1n) is 5.25. The van der Waals surface area contributed by atoms with Gasteiger partial charge in [-0.3, -0.25) is 10.1 Å². The monoisotopic (exact) mass is 263 g/mol. The summed E-state index contributed by atoms with van der Waals surface area (Å²) in [5.74, 6) is -0.424. The van der Waals surface area contributed by atoms with Gasteiger partial charge in [-0.05, 0) is 24.3 Å². The molecule has 7 nitrogen and oxygen atoms in total. The smallest absolute Gasteiger partial charge is 0.330 e. The van der Waals surface area contributed by atoms with Gasteiger partial charge in [0.2, 0.25) is 11.8 Å². The van der Waals surface area contributed by atoms with E-state index in [1.54, 1.807) is 7.05 Å². The summed E-state index contributed by atoms with van der Waals surface area (Å²) in [5.41, 5.74) is 5.70. The molecule has 0 saturated heterocycles. The lowest BCUT2D eigenvalue weighted by molar-refractivity contribution is -0.384. The average molecular weight is 263 g/mol. The minimum atomic E-state index is -0.602. The largest absolute Gasteiger partial charge is 0.368 e. The number of nitrogen functional groups attached to an aromatic ring is 1. The Balaban J connectivity index is 2.48. The molecule has 1 aromatic carbocycles. The van der Waals surface area contributed by atoms with Gasteiger partial charge in [-0.15, -0.1) is 0 Å². The van der Waals surface area contributed by atoms with Gasteiger partial charge >= 0.3 is 5.69 Å². The summed E-state index contributed by atoms with van der Waals surface area (Å²) in [5, 5.41) is 10.9. The lowest BCUT2D eigenvalue weighted by Gasteiger charge is -2.17. The van der Waals surface area contributed by atoms with Crippen molar-refractivity contribution in [2.45, 2.75) is 0 Å². The van der Waals surface area contributed by atoms with E-state index in [2.05, 4.69) is 9.97 Å². The average Bonchev–Trinajstić information content (AvgIpc) is 2.38. The standard InChI is InChI=1S/C11H10FN5O2/c1-16(8-4-2-7(12)3-5-8)10-9(17(18)19)6-14-11(13)15-10/h2-6H,1H3,(H2,13,14,15). The summed E-state index contributed by atoms with van der Waals surface area (Å²) in [6.45, 7) is 0. The highest BCUT2D eigenvalue weighted by Gasteiger charge is 2.21. The molecule has 0 aliphatic heterocycles. The first-order valence-corrected chi connectivity index (χ1v) is 5.25. The van der Waals surface area contributed by atoms with E-state index in [4.69, 9.17) is 5.73 Å². The molecule has 2 N–H and O–H groups in total. The van der Waals surface area contributed by atoms with E-state index in [1.165, 1.54) is 29.2 Å². The molecule has 0 bridgehead atoms. The van der Waals surface area contributed by atoms with Crippen LogP contribution in [0.2, 0.25) is 0 Å². The van der Waals surface area contributed by atoms with Gasteiger partial charge in [0.1, 0.15) is 12.0 Å². The normalized spacial score (nSPS) is 10.2. The molecule has 1 aromatic heterocycles. The molecular formula is C11H10FN5O2. The molecule has 2 aromatic rings. The molecule has 0 aliphatic rings. The quantitative estimate of drug-likeness (QED) is 0.670. The van der Waals surface area contributed by atoms with Crippen molar-refractivity contribution in [2.24, 2.45) is 0 Å². The molecule has 0 saturated carbocycles. The maximum Gasteiger partial charge on any atom is 0.330 e. The van der Waals surface area contributed by atoms with Crippen LogP contribution in [0.3, 0.4) is 0 Å². The van der Waals surface area contributed by atoms with Gasteiger partial charge in [0.05, 0.1) is 4.92 Å². The van der Waals surface area contributed by atoms with E-state index < -0.39 is 10.7 Å². The number of nitro groups is 1. The van der Waals surface area contributed by atoms with Gasteiger partial charge in [-0.2, -0.15) is 4.98 Å². The van der Waals surface area contributed by atoms with Crippen LogP contribution in [0.4, 0.5) is 27.5 Å².